The molecule has 1 aromatic heterocycles. The molecule has 1 aromatic rings. The van der Waals surface area contributed by atoms with Gasteiger partial charge in [-0.05, 0) is 30.2 Å². The van der Waals surface area contributed by atoms with Crippen LogP contribution in [0, 0.1) is 5.92 Å². The summed E-state index contributed by atoms with van der Waals surface area (Å²) in [6.07, 6.45) is 2.25. The van der Waals surface area contributed by atoms with Crippen LogP contribution in [0.15, 0.2) is 11.4 Å². The van der Waals surface area contributed by atoms with Crippen LogP contribution in [0.2, 0.25) is 5.02 Å². The molecule has 1 heterocycles. The molecule has 0 saturated heterocycles. The molecule has 0 saturated carbocycles. The number of alkyl halides is 1. The molecule has 0 N–H and O–H groups in total. The minimum atomic E-state index is 0.602. The van der Waals surface area contributed by atoms with E-state index in [0.29, 0.717) is 10.7 Å². The summed E-state index contributed by atoms with van der Waals surface area (Å²) in [4.78, 5) is 1.91. The van der Waals surface area contributed by atoms with Gasteiger partial charge in [-0.15, -0.1) is 11.3 Å². The summed E-state index contributed by atoms with van der Waals surface area (Å²) in [5, 5.41) is 2.98. The summed E-state index contributed by atoms with van der Waals surface area (Å²) < 4.78 is 0. The average molecular weight is 282 g/mol. The van der Waals surface area contributed by atoms with Crippen LogP contribution in [0.5, 0.6) is 0 Å². The summed E-state index contributed by atoms with van der Waals surface area (Å²) in [6.45, 7) is 4.46. The predicted octanol–water partition coefficient (Wildman–Crippen LogP) is 4.75. The van der Waals surface area contributed by atoms with Crippen molar-refractivity contribution in [3.8, 4) is 0 Å². The number of halogens is 2. The lowest BCUT2D eigenvalue weighted by atomic mass is 10.1. The Labute approximate surface area is 97.4 Å². The van der Waals surface area contributed by atoms with Crippen molar-refractivity contribution in [3.63, 3.8) is 0 Å². The van der Waals surface area contributed by atoms with Gasteiger partial charge in [-0.25, -0.2) is 0 Å². The molecule has 1 unspecified atom stereocenters. The van der Waals surface area contributed by atoms with Gasteiger partial charge in [0, 0.05) is 9.70 Å². The third-order valence-corrected chi connectivity index (χ3v) is 5.02. The van der Waals surface area contributed by atoms with Crippen LogP contribution in [-0.2, 0) is 6.42 Å². The van der Waals surface area contributed by atoms with Gasteiger partial charge in [0.15, 0.2) is 0 Å². The Morgan fingerprint density at radius 3 is 2.69 bits per heavy atom. The van der Waals surface area contributed by atoms with Crippen molar-refractivity contribution in [3.05, 3.63) is 21.3 Å². The normalized spacial score (nSPS) is 13.6. The lowest BCUT2D eigenvalue weighted by Gasteiger charge is -2.12. The van der Waals surface area contributed by atoms with Gasteiger partial charge in [-0.1, -0.05) is 41.4 Å². The van der Waals surface area contributed by atoms with E-state index in [9.17, 15) is 0 Å². The molecule has 0 amide bonds. The Bertz CT molecular complexity index is 257. The first-order valence-electron chi connectivity index (χ1n) is 4.47. The lowest BCUT2D eigenvalue weighted by Crippen LogP contribution is -2.07. The summed E-state index contributed by atoms with van der Waals surface area (Å²) >= 11 is 11.4. The van der Waals surface area contributed by atoms with E-state index in [1.165, 1.54) is 4.88 Å². The summed E-state index contributed by atoms with van der Waals surface area (Å²) in [7, 11) is 0. The molecule has 0 aliphatic rings. The van der Waals surface area contributed by atoms with E-state index < -0.39 is 0 Å². The van der Waals surface area contributed by atoms with E-state index in [2.05, 4.69) is 35.2 Å². The van der Waals surface area contributed by atoms with Crippen molar-refractivity contribution in [2.75, 3.05) is 0 Å². The molecule has 0 fully saturated rings. The zero-order valence-corrected chi connectivity index (χ0v) is 11.0. The van der Waals surface area contributed by atoms with E-state index in [0.717, 1.165) is 17.9 Å². The molecule has 0 radical (unpaired) electrons. The van der Waals surface area contributed by atoms with E-state index >= 15 is 0 Å². The second-order valence-corrected chi connectivity index (χ2v) is 6.07. The minimum Gasteiger partial charge on any atom is -0.147 e. The van der Waals surface area contributed by atoms with Crippen LogP contribution in [0.25, 0.3) is 0 Å². The van der Waals surface area contributed by atoms with Gasteiger partial charge < -0.3 is 0 Å². The Morgan fingerprint density at radius 1 is 1.54 bits per heavy atom. The second kappa shape index (κ2) is 5.38. The quantitative estimate of drug-likeness (QED) is 0.699. The topological polar surface area (TPSA) is 0 Å². The van der Waals surface area contributed by atoms with Crippen molar-refractivity contribution in [1.82, 2.24) is 0 Å². The highest BCUT2D eigenvalue weighted by Crippen LogP contribution is 2.26. The number of aryl methyl sites for hydroxylation is 1. The van der Waals surface area contributed by atoms with E-state index in [1.807, 2.05) is 6.07 Å². The zero-order valence-electron chi connectivity index (χ0n) is 7.89. The predicted molar refractivity (Wildman–Crippen MR) is 65.2 cm³/mol. The summed E-state index contributed by atoms with van der Waals surface area (Å²) in [6, 6.07) is 1.97. The van der Waals surface area contributed by atoms with Crippen molar-refractivity contribution in [1.29, 1.82) is 0 Å². The highest BCUT2D eigenvalue weighted by Gasteiger charge is 2.10. The standard InChI is InChI=1S/C10H14BrClS/c1-7(2)8(11)3-4-10-9(12)5-6-13-10/h5-8H,3-4H2,1-2H3. The maximum atomic E-state index is 6.00. The van der Waals surface area contributed by atoms with Crippen LogP contribution < -0.4 is 0 Å². The zero-order chi connectivity index (χ0) is 9.84. The summed E-state index contributed by atoms with van der Waals surface area (Å²) in [5.74, 6) is 0.693. The van der Waals surface area contributed by atoms with Crippen molar-refractivity contribution in [2.24, 2.45) is 5.92 Å². The molecule has 1 rings (SSSR count). The van der Waals surface area contributed by atoms with E-state index in [4.69, 9.17) is 11.6 Å². The van der Waals surface area contributed by atoms with Crippen LogP contribution in [-0.4, -0.2) is 4.83 Å². The Hall–Kier alpha value is 0.470. The van der Waals surface area contributed by atoms with Crippen LogP contribution in [0.4, 0.5) is 0 Å². The van der Waals surface area contributed by atoms with Crippen LogP contribution >= 0.6 is 38.9 Å². The Kier molecular flexibility index (Phi) is 4.77. The van der Waals surface area contributed by atoms with Crippen molar-refractivity contribution >= 4 is 38.9 Å². The first-order valence-corrected chi connectivity index (χ1v) is 6.64. The molecule has 74 valence electrons. The number of rotatable bonds is 4. The van der Waals surface area contributed by atoms with Crippen molar-refractivity contribution < 1.29 is 0 Å². The Balaban J connectivity index is 2.39. The second-order valence-electron chi connectivity index (χ2n) is 3.49. The lowest BCUT2D eigenvalue weighted by molar-refractivity contribution is 0.583. The maximum absolute atomic E-state index is 6.00. The molecule has 3 heteroatoms. The summed E-state index contributed by atoms with van der Waals surface area (Å²) in [5.41, 5.74) is 0. The van der Waals surface area contributed by atoms with Gasteiger partial charge in [0.25, 0.3) is 0 Å². The SMILES string of the molecule is CC(C)C(Br)CCc1sccc1Cl. The molecule has 0 aliphatic heterocycles. The highest BCUT2D eigenvalue weighted by molar-refractivity contribution is 9.09. The van der Waals surface area contributed by atoms with Gasteiger partial charge in [0.05, 0.1) is 5.02 Å². The molecule has 13 heavy (non-hydrogen) atoms. The molecule has 0 spiro atoms. The molecule has 0 bridgehead atoms. The smallest absolute Gasteiger partial charge is 0.0544 e. The third-order valence-electron chi connectivity index (χ3n) is 2.06. The number of thiophene rings is 1. The van der Waals surface area contributed by atoms with Gasteiger partial charge in [0.1, 0.15) is 0 Å². The first-order chi connectivity index (χ1) is 6.11. The fourth-order valence-electron chi connectivity index (χ4n) is 1.11. The molecule has 0 aliphatic carbocycles. The molecule has 0 nitrogen and oxygen atoms in total. The van der Waals surface area contributed by atoms with Crippen LogP contribution in [0.1, 0.15) is 25.1 Å². The average Bonchev–Trinajstić information content (AvgIpc) is 2.47. The van der Waals surface area contributed by atoms with Crippen LogP contribution in [0.3, 0.4) is 0 Å². The fraction of sp³-hybridized carbons (Fsp3) is 0.600. The van der Waals surface area contributed by atoms with E-state index in [1.54, 1.807) is 11.3 Å². The minimum absolute atomic E-state index is 0.602. The van der Waals surface area contributed by atoms with Gasteiger partial charge >= 0.3 is 0 Å². The van der Waals surface area contributed by atoms with Gasteiger partial charge in [0.2, 0.25) is 0 Å². The largest absolute Gasteiger partial charge is 0.147 e. The molecular weight excluding hydrogens is 268 g/mol. The molecular formula is C10H14BrClS. The fourth-order valence-corrected chi connectivity index (χ4v) is 2.49. The number of hydrogen-bond donors (Lipinski definition) is 0. The molecule has 1 atom stereocenters. The van der Waals surface area contributed by atoms with Gasteiger partial charge in [-0.3, -0.25) is 0 Å². The highest BCUT2D eigenvalue weighted by atomic mass is 79.9. The first kappa shape index (κ1) is 11.5. The molecule has 0 aromatic carbocycles. The van der Waals surface area contributed by atoms with Crippen molar-refractivity contribution in [2.45, 2.75) is 31.5 Å². The Morgan fingerprint density at radius 2 is 2.23 bits per heavy atom. The van der Waals surface area contributed by atoms with E-state index in [-0.39, 0.29) is 0 Å². The maximum Gasteiger partial charge on any atom is 0.0544 e. The third kappa shape index (κ3) is 3.61. The number of hydrogen-bond acceptors (Lipinski definition) is 1. The van der Waals surface area contributed by atoms with Gasteiger partial charge in [-0.2, -0.15) is 0 Å². The monoisotopic (exact) mass is 280 g/mol.